The molecular weight excluding hydrogens is 490 g/mol. The van der Waals surface area contributed by atoms with Crippen LogP contribution in [0.1, 0.15) is 73.7 Å². The molecule has 1 aromatic heterocycles. The van der Waals surface area contributed by atoms with Crippen LogP contribution in [0.3, 0.4) is 0 Å². The Balaban J connectivity index is 1.65. The predicted octanol–water partition coefficient (Wildman–Crippen LogP) is 6.60. The molecule has 5 rings (SSSR count). The smallest absolute Gasteiger partial charge is 0.266 e. The minimum atomic E-state index is -0.414. The fourth-order valence-electron chi connectivity index (χ4n) is 5.24. The molecule has 1 unspecified atom stereocenters. The van der Waals surface area contributed by atoms with E-state index in [0.29, 0.717) is 46.8 Å². The van der Waals surface area contributed by atoms with Crippen LogP contribution in [0.2, 0.25) is 0 Å². The summed E-state index contributed by atoms with van der Waals surface area (Å²) in [7, 11) is 0. The summed E-state index contributed by atoms with van der Waals surface area (Å²) >= 11 is 0. The lowest BCUT2D eigenvalue weighted by atomic mass is 10.1. The topological polar surface area (TPSA) is 73.7 Å². The number of nitrogens with zero attached hydrogens (tertiary/aromatic N) is 3. The molecule has 0 fully saturated rings. The summed E-state index contributed by atoms with van der Waals surface area (Å²) in [4.78, 5) is 35.0. The van der Waals surface area contributed by atoms with E-state index in [0.717, 1.165) is 36.9 Å². The van der Waals surface area contributed by atoms with Crippen molar-refractivity contribution >= 4 is 16.8 Å². The molecule has 3 aromatic carbocycles. The Morgan fingerprint density at radius 3 is 2.59 bits per heavy atom. The van der Waals surface area contributed by atoms with Crippen LogP contribution in [0.15, 0.2) is 71.5 Å². The van der Waals surface area contributed by atoms with Crippen LogP contribution in [0, 0.1) is 6.92 Å². The first-order valence-electron chi connectivity index (χ1n) is 13.8. The third-order valence-electron chi connectivity index (χ3n) is 7.26. The number of fused-ring (bicyclic) bond motifs is 2. The molecule has 202 valence electrons. The minimum absolute atomic E-state index is 0.116. The number of amides is 1. The van der Waals surface area contributed by atoms with Crippen LogP contribution in [-0.2, 0) is 0 Å². The quantitative estimate of drug-likeness (QED) is 0.218. The van der Waals surface area contributed by atoms with Gasteiger partial charge in [-0.3, -0.25) is 14.2 Å². The number of unbranched alkanes of at least 4 members (excludes halogenated alkanes) is 3. The molecule has 1 amide bonds. The average Bonchev–Trinajstić information content (AvgIpc) is 3.42. The van der Waals surface area contributed by atoms with E-state index in [2.05, 4.69) is 6.92 Å². The highest BCUT2D eigenvalue weighted by atomic mass is 16.7. The molecule has 7 heteroatoms. The Morgan fingerprint density at radius 1 is 0.974 bits per heavy atom. The normalized spacial score (nSPS) is 13.0. The third kappa shape index (κ3) is 5.39. The van der Waals surface area contributed by atoms with Gasteiger partial charge in [0.25, 0.3) is 11.5 Å². The van der Waals surface area contributed by atoms with Crippen molar-refractivity contribution in [2.45, 2.75) is 58.9 Å². The molecule has 1 atom stereocenters. The first-order valence-corrected chi connectivity index (χ1v) is 13.8. The second-order valence-corrected chi connectivity index (χ2v) is 10.0. The number of hydrogen-bond acceptors (Lipinski definition) is 5. The van der Waals surface area contributed by atoms with E-state index in [9.17, 15) is 9.59 Å². The number of carbonyl (C=O) groups is 1. The summed E-state index contributed by atoms with van der Waals surface area (Å²) < 4.78 is 12.7. The van der Waals surface area contributed by atoms with Gasteiger partial charge in [0.2, 0.25) is 6.79 Å². The molecule has 0 saturated carbocycles. The van der Waals surface area contributed by atoms with Crippen molar-refractivity contribution in [3.63, 3.8) is 0 Å². The van der Waals surface area contributed by atoms with Crippen molar-refractivity contribution in [1.29, 1.82) is 0 Å². The van der Waals surface area contributed by atoms with Crippen molar-refractivity contribution in [3.05, 3.63) is 94.0 Å². The highest BCUT2D eigenvalue weighted by molar-refractivity contribution is 5.95. The van der Waals surface area contributed by atoms with Gasteiger partial charge in [0.1, 0.15) is 5.82 Å². The Hall–Kier alpha value is -4.13. The van der Waals surface area contributed by atoms with E-state index in [-0.39, 0.29) is 18.3 Å². The summed E-state index contributed by atoms with van der Waals surface area (Å²) in [5.41, 5.74) is 2.80. The monoisotopic (exact) mass is 525 g/mol. The van der Waals surface area contributed by atoms with Crippen molar-refractivity contribution in [2.24, 2.45) is 0 Å². The van der Waals surface area contributed by atoms with E-state index in [1.54, 1.807) is 22.8 Å². The Kier molecular flexibility index (Phi) is 7.96. The van der Waals surface area contributed by atoms with Gasteiger partial charge < -0.3 is 14.4 Å². The van der Waals surface area contributed by atoms with E-state index >= 15 is 0 Å². The minimum Gasteiger partial charge on any atom is -0.454 e. The maximum absolute atomic E-state index is 14.1. The summed E-state index contributed by atoms with van der Waals surface area (Å²) in [5.74, 6) is 1.66. The largest absolute Gasteiger partial charge is 0.454 e. The molecule has 0 N–H and O–H groups in total. The fourth-order valence-corrected chi connectivity index (χ4v) is 5.24. The van der Waals surface area contributed by atoms with E-state index in [1.807, 2.05) is 67.3 Å². The van der Waals surface area contributed by atoms with Crippen LogP contribution >= 0.6 is 0 Å². The van der Waals surface area contributed by atoms with Gasteiger partial charge in [-0.05, 0) is 67.8 Å². The van der Waals surface area contributed by atoms with Gasteiger partial charge in [-0.2, -0.15) is 0 Å². The molecule has 1 aliphatic rings. The first-order chi connectivity index (χ1) is 19.0. The molecule has 0 aliphatic carbocycles. The summed E-state index contributed by atoms with van der Waals surface area (Å²) in [6.45, 7) is 6.92. The SMILES string of the molecule is CCCCCCN(C(=O)c1ccc2c(c1)OCO2)C(CC)c1nc2ccccc2c(=O)n1-c1cccc(C)c1. The highest BCUT2D eigenvalue weighted by Gasteiger charge is 2.30. The lowest BCUT2D eigenvalue weighted by Crippen LogP contribution is -2.39. The second kappa shape index (κ2) is 11.7. The summed E-state index contributed by atoms with van der Waals surface area (Å²) in [6, 6.07) is 20.2. The average molecular weight is 526 g/mol. The Morgan fingerprint density at radius 2 is 1.79 bits per heavy atom. The number of aryl methyl sites for hydroxylation is 1. The molecule has 2 heterocycles. The zero-order valence-electron chi connectivity index (χ0n) is 22.9. The van der Waals surface area contributed by atoms with Gasteiger partial charge in [0, 0.05) is 12.1 Å². The van der Waals surface area contributed by atoms with Crippen molar-refractivity contribution in [1.82, 2.24) is 14.5 Å². The first kappa shape index (κ1) is 26.5. The number of para-hydroxylation sites is 1. The molecule has 1 aliphatic heterocycles. The number of benzene rings is 3. The molecule has 0 radical (unpaired) electrons. The third-order valence-corrected chi connectivity index (χ3v) is 7.26. The second-order valence-electron chi connectivity index (χ2n) is 10.0. The van der Waals surface area contributed by atoms with Crippen LogP contribution in [-0.4, -0.2) is 33.7 Å². The maximum Gasteiger partial charge on any atom is 0.266 e. The van der Waals surface area contributed by atoms with Crippen LogP contribution < -0.4 is 15.0 Å². The molecule has 0 bridgehead atoms. The molecule has 39 heavy (non-hydrogen) atoms. The van der Waals surface area contributed by atoms with Crippen molar-refractivity contribution in [2.75, 3.05) is 13.3 Å². The Bertz CT molecular complexity index is 1540. The number of rotatable bonds is 10. The number of hydrogen-bond donors (Lipinski definition) is 0. The summed E-state index contributed by atoms with van der Waals surface area (Å²) in [5, 5.41) is 0.550. The van der Waals surface area contributed by atoms with Gasteiger partial charge in [-0.1, -0.05) is 57.4 Å². The predicted molar refractivity (Wildman–Crippen MR) is 153 cm³/mol. The number of carbonyl (C=O) groups excluding carboxylic acids is 1. The summed E-state index contributed by atoms with van der Waals surface area (Å²) in [6.07, 6.45) is 4.69. The zero-order valence-corrected chi connectivity index (χ0v) is 22.9. The van der Waals surface area contributed by atoms with Crippen molar-refractivity contribution in [3.8, 4) is 17.2 Å². The van der Waals surface area contributed by atoms with Gasteiger partial charge in [-0.15, -0.1) is 0 Å². The van der Waals surface area contributed by atoms with Crippen LogP contribution in [0.4, 0.5) is 0 Å². The lowest BCUT2D eigenvalue weighted by Gasteiger charge is -2.32. The van der Waals surface area contributed by atoms with Gasteiger partial charge >= 0.3 is 0 Å². The maximum atomic E-state index is 14.1. The standard InChI is InChI=1S/C32H35N3O4/c1-4-6-7-10-18-34(31(36)23-16-17-28-29(20-23)39-21-38-28)27(5-2)30-33-26-15-9-8-14-25(26)32(37)35(30)24-13-11-12-22(3)19-24/h8-9,11-17,19-20,27H,4-7,10,18,21H2,1-3H3. The molecule has 7 nitrogen and oxygen atoms in total. The van der Waals surface area contributed by atoms with Crippen molar-refractivity contribution < 1.29 is 14.3 Å². The van der Waals surface area contributed by atoms with E-state index in [4.69, 9.17) is 14.5 Å². The molecule has 0 spiro atoms. The van der Waals surface area contributed by atoms with E-state index < -0.39 is 6.04 Å². The zero-order chi connectivity index (χ0) is 27.4. The van der Waals surface area contributed by atoms with E-state index in [1.165, 1.54) is 0 Å². The van der Waals surface area contributed by atoms with Gasteiger partial charge in [0.15, 0.2) is 11.5 Å². The van der Waals surface area contributed by atoms with Crippen LogP contribution in [0.5, 0.6) is 11.5 Å². The lowest BCUT2D eigenvalue weighted by molar-refractivity contribution is 0.0654. The fraction of sp³-hybridized carbons (Fsp3) is 0.344. The molecule has 0 saturated heterocycles. The van der Waals surface area contributed by atoms with Gasteiger partial charge in [0.05, 0.1) is 22.6 Å². The number of ether oxygens (including phenoxy) is 2. The molecular formula is C32H35N3O4. The highest BCUT2D eigenvalue weighted by Crippen LogP contribution is 2.34. The van der Waals surface area contributed by atoms with Crippen LogP contribution in [0.25, 0.3) is 16.6 Å². The number of aromatic nitrogens is 2. The van der Waals surface area contributed by atoms with Gasteiger partial charge in [-0.25, -0.2) is 4.98 Å². The Labute approximate surface area is 229 Å². The molecule has 4 aromatic rings.